The van der Waals surface area contributed by atoms with Crippen LogP contribution in [-0.2, 0) is 9.47 Å². The van der Waals surface area contributed by atoms with Crippen molar-refractivity contribution in [2.24, 2.45) is 0 Å². The van der Waals surface area contributed by atoms with Gasteiger partial charge in [-0.15, -0.1) is 0 Å². The van der Waals surface area contributed by atoms with Crippen molar-refractivity contribution in [3.05, 3.63) is 22.5 Å². The van der Waals surface area contributed by atoms with Crippen LogP contribution in [0.15, 0.2) is 6.20 Å². The molecule has 9 nitrogen and oxygen atoms in total. The highest BCUT2D eigenvalue weighted by Crippen LogP contribution is 2.39. The number of anilines is 1. The average molecular weight is 510 g/mol. The fourth-order valence-corrected chi connectivity index (χ4v) is 5.47. The lowest BCUT2D eigenvalue weighted by molar-refractivity contribution is -0.0136. The second-order valence-corrected chi connectivity index (χ2v) is 11.0. The van der Waals surface area contributed by atoms with Crippen LogP contribution >= 0.6 is 23.1 Å². The SMILES string of the molecule is Cc1c(C2CCN(C(=O)OC(C)(C)C)CC2)nsc1-c1nc(N[C@@H]2CCOC[C@H]2O)ncc1Cl. The third-order valence-corrected chi connectivity index (χ3v) is 7.34. The smallest absolute Gasteiger partial charge is 0.410 e. The van der Waals surface area contributed by atoms with Gasteiger partial charge in [0.2, 0.25) is 5.95 Å². The van der Waals surface area contributed by atoms with Gasteiger partial charge >= 0.3 is 6.09 Å². The molecule has 0 bridgehead atoms. The number of amides is 1. The van der Waals surface area contributed by atoms with Gasteiger partial charge in [0, 0.05) is 25.6 Å². The molecule has 0 saturated carbocycles. The summed E-state index contributed by atoms with van der Waals surface area (Å²) in [6.07, 6.45) is 3.04. The highest BCUT2D eigenvalue weighted by molar-refractivity contribution is 7.09. The summed E-state index contributed by atoms with van der Waals surface area (Å²) in [7, 11) is 0. The lowest BCUT2D eigenvalue weighted by Crippen LogP contribution is -2.42. The van der Waals surface area contributed by atoms with Crippen molar-refractivity contribution >= 4 is 35.2 Å². The number of aliphatic hydroxyl groups is 1. The van der Waals surface area contributed by atoms with Gasteiger partial charge in [-0.2, -0.15) is 4.37 Å². The molecule has 0 aliphatic carbocycles. The summed E-state index contributed by atoms with van der Waals surface area (Å²) in [6, 6.07) is -0.170. The minimum absolute atomic E-state index is 0.170. The Hall–Kier alpha value is -2.01. The Morgan fingerprint density at radius 3 is 2.74 bits per heavy atom. The Bertz CT molecular complexity index is 1020. The lowest BCUT2D eigenvalue weighted by Gasteiger charge is -2.33. The molecule has 4 heterocycles. The number of hydrogen-bond acceptors (Lipinski definition) is 9. The van der Waals surface area contributed by atoms with Gasteiger partial charge in [-0.1, -0.05) is 11.6 Å². The highest BCUT2D eigenvalue weighted by atomic mass is 35.5. The zero-order valence-electron chi connectivity index (χ0n) is 20.0. The summed E-state index contributed by atoms with van der Waals surface area (Å²) in [5.74, 6) is 0.685. The number of halogens is 1. The van der Waals surface area contributed by atoms with Crippen molar-refractivity contribution in [2.45, 2.75) is 70.6 Å². The maximum Gasteiger partial charge on any atom is 0.410 e. The summed E-state index contributed by atoms with van der Waals surface area (Å²) in [4.78, 5) is 24.0. The molecule has 2 aromatic heterocycles. The molecular formula is C23H32ClN5O4S. The maximum absolute atomic E-state index is 12.4. The van der Waals surface area contributed by atoms with Crippen LogP contribution in [0.3, 0.4) is 0 Å². The number of hydrogen-bond donors (Lipinski definition) is 2. The van der Waals surface area contributed by atoms with Crippen molar-refractivity contribution in [1.29, 1.82) is 0 Å². The van der Waals surface area contributed by atoms with E-state index in [-0.39, 0.29) is 18.1 Å². The number of carbonyl (C=O) groups excluding carboxylic acids is 1. The molecule has 186 valence electrons. The summed E-state index contributed by atoms with van der Waals surface area (Å²) >= 11 is 7.85. The molecule has 0 radical (unpaired) electrons. The Morgan fingerprint density at radius 2 is 2.06 bits per heavy atom. The number of ether oxygens (including phenoxy) is 2. The monoisotopic (exact) mass is 509 g/mol. The second kappa shape index (κ2) is 10.3. The molecule has 2 N–H and O–H groups in total. The van der Waals surface area contributed by atoms with E-state index in [1.54, 1.807) is 11.1 Å². The molecule has 2 aliphatic heterocycles. The second-order valence-electron chi connectivity index (χ2n) is 9.84. The van der Waals surface area contributed by atoms with Gasteiger partial charge in [-0.05, 0) is 64.1 Å². The first-order valence-electron chi connectivity index (χ1n) is 11.6. The highest BCUT2D eigenvalue weighted by Gasteiger charge is 2.30. The molecule has 0 unspecified atom stereocenters. The quantitative estimate of drug-likeness (QED) is 0.629. The molecule has 4 rings (SSSR count). The van der Waals surface area contributed by atoms with Crippen LogP contribution < -0.4 is 5.32 Å². The van der Waals surface area contributed by atoms with Crippen molar-refractivity contribution in [3.8, 4) is 10.6 Å². The number of aliphatic hydroxyl groups excluding tert-OH is 1. The first-order valence-corrected chi connectivity index (χ1v) is 12.8. The zero-order valence-corrected chi connectivity index (χ0v) is 21.6. The molecule has 1 amide bonds. The van der Waals surface area contributed by atoms with Gasteiger partial charge in [0.1, 0.15) is 11.3 Å². The van der Waals surface area contributed by atoms with Crippen LogP contribution in [0, 0.1) is 6.92 Å². The maximum atomic E-state index is 12.4. The lowest BCUT2D eigenvalue weighted by atomic mass is 9.91. The number of nitrogens with zero attached hydrogens (tertiary/aromatic N) is 4. The fraction of sp³-hybridized carbons (Fsp3) is 0.652. The molecule has 34 heavy (non-hydrogen) atoms. The van der Waals surface area contributed by atoms with Crippen molar-refractivity contribution in [1.82, 2.24) is 19.2 Å². The van der Waals surface area contributed by atoms with E-state index in [0.717, 1.165) is 29.0 Å². The number of carbonyl (C=O) groups is 1. The van der Waals surface area contributed by atoms with E-state index in [9.17, 15) is 9.90 Å². The summed E-state index contributed by atoms with van der Waals surface area (Å²) in [6.45, 7) is 9.83. The normalized spacial score (nSPS) is 22.0. The van der Waals surface area contributed by atoms with Crippen LogP contribution in [0.4, 0.5) is 10.7 Å². The van der Waals surface area contributed by atoms with Gasteiger partial charge in [-0.3, -0.25) is 0 Å². The van der Waals surface area contributed by atoms with Crippen LogP contribution in [0.25, 0.3) is 10.6 Å². The summed E-state index contributed by atoms with van der Waals surface area (Å²) in [5, 5.41) is 13.8. The number of likely N-dealkylation sites (tertiary alicyclic amines) is 1. The van der Waals surface area contributed by atoms with Gasteiger partial charge in [-0.25, -0.2) is 14.8 Å². The van der Waals surface area contributed by atoms with Crippen molar-refractivity contribution in [3.63, 3.8) is 0 Å². The third kappa shape index (κ3) is 5.79. The summed E-state index contributed by atoms with van der Waals surface area (Å²) in [5.41, 5.74) is 2.22. The van der Waals surface area contributed by atoms with Crippen LogP contribution in [0.2, 0.25) is 5.02 Å². The number of aromatic nitrogens is 3. The molecule has 2 aromatic rings. The van der Waals surface area contributed by atoms with Crippen molar-refractivity contribution in [2.75, 3.05) is 31.6 Å². The largest absolute Gasteiger partial charge is 0.444 e. The predicted octanol–water partition coefficient (Wildman–Crippen LogP) is 4.24. The molecule has 0 spiro atoms. The van der Waals surface area contributed by atoms with Gasteiger partial charge in [0.25, 0.3) is 0 Å². The first-order chi connectivity index (χ1) is 16.1. The van der Waals surface area contributed by atoms with Crippen molar-refractivity contribution < 1.29 is 19.4 Å². The van der Waals surface area contributed by atoms with E-state index < -0.39 is 11.7 Å². The molecule has 11 heteroatoms. The third-order valence-electron chi connectivity index (χ3n) is 6.09. The predicted molar refractivity (Wildman–Crippen MR) is 132 cm³/mol. The Labute approximate surface area is 209 Å². The topological polar surface area (TPSA) is 110 Å². The zero-order chi connectivity index (χ0) is 24.5. The molecule has 2 saturated heterocycles. The minimum Gasteiger partial charge on any atom is -0.444 e. The van der Waals surface area contributed by atoms with Gasteiger partial charge in [0.05, 0.1) is 40.5 Å². The Balaban J connectivity index is 1.46. The van der Waals surface area contributed by atoms with E-state index >= 15 is 0 Å². The average Bonchev–Trinajstić information content (AvgIpc) is 3.16. The summed E-state index contributed by atoms with van der Waals surface area (Å²) < 4.78 is 15.6. The number of nitrogens with one attached hydrogen (secondary N) is 1. The fourth-order valence-electron chi connectivity index (χ4n) is 4.26. The van der Waals surface area contributed by atoms with Crippen LogP contribution in [0.1, 0.15) is 57.2 Å². The molecule has 2 fully saturated rings. The van der Waals surface area contributed by atoms with Gasteiger partial charge < -0.3 is 24.8 Å². The molecule has 2 atom stereocenters. The van der Waals surface area contributed by atoms with E-state index in [1.807, 2.05) is 27.7 Å². The first kappa shape index (κ1) is 25.1. The van der Waals surface area contributed by atoms with Crippen LogP contribution in [0.5, 0.6) is 0 Å². The Kier molecular flexibility index (Phi) is 7.61. The standard InChI is InChI=1S/C23H32ClN5O4S/c1-13-18(14-5-8-29(9-6-14)22(31)33-23(2,3)4)28-34-20(13)19-15(24)11-25-21(27-19)26-16-7-10-32-12-17(16)30/h11,14,16-17,30H,5-10,12H2,1-4H3,(H,25,26,27)/t16-,17-/m1/s1. The minimum atomic E-state index is -0.611. The van der Waals surface area contributed by atoms with E-state index in [4.69, 9.17) is 25.4 Å². The number of rotatable bonds is 4. The van der Waals surface area contributed by atoms with E-state index in [0.29, 0.717) is 49.4 Å². The number of piperidine rings is 1. The molecule has 2 aliphatic rings. The van der Waals surface area contributed by atoms with E-state index in [1.165, 1.54) is 11.5 Å². The molecular weight excluding hydrogens is 478 g/mol. The van der Waals surface area contributed by atoms with E-state index in [2.05, 4.69) is 15.3 Å². The van der Waals surface area contributed by atoms with Crippen LogP contribution in [-0.4, -0.2) is 74.5 Å². The van der Waals surface area contributed by atoms with Gasteiger partial charge in [0.15, 0.2) is 0 Å². The molecule has 0 aromatic carbocycles. The Morgan fingerprint density at radius 1 is 1.32 bits per heavy atom.